The van der Waals surface area contributed by atoms with Gasteiger partial charge in [-0.05, 0) is 67.1 Å². The Labute approximate surface area is 402 Å². The normalized spacial score (nSPS) is 27.4. The Bertz CT molecular complexity index is 2450. The molecule has 3 heterocycles. The number of rotatable bonds is 10. The lowest BCUT2D eigenvalue weighted by atomic mass is 9.83. The summed E-state index contributed by atoms with van der Waals surface area (Å²) >= 11 is 6.82. The second kappa shape index (κ2) is 20.3. The number of amides is 4. The average molecular weight is 958 g/mol. The lowest BCUT2D eigenvalue weighted by Gasteiger charge is -2.42. The van der Waals surface area contributed by atoms with Crippen LogP contribution in [0.25, 0.3) is 11.1 Å². The second-order valence-electron chi connectivity index (χ2n) is 18.4. The van der Waals surface area contributed by atoms with Crippen LogP contribution in [-0.2, 0) is 44.5 Å². The molecular formula is C51H61ClN4O12. The minimum atomic E-state index is -1.87. The number of carbonyl (C=O) groups excluding carboxylic acids is 5. The molecule has 2 N–H and O–H groups in total. The van der Waals surface area contributed by atoms with Gasteiger partial charge in [0.25, 0.3) is 0 Å². The van der Waals surface area contributed by atoms with Crippen LogP contribution in [0.4, 0.5) is 15.3 Å². The molecule has 2 fully saturated rings. The number of hydrogen-bond donors (Lipinski definition) is 2. The lowest BCUT2D eigenvalue weighted by molar-refractivity contribution is -0.162. The van der Waals surface area contributed by atoms with E-state index in [2.05, 4.69) is 17.4 Å². The number of allylic oxidation sites excluding steroid dienone is 3. The zero-order valence-electron chi connectivity index (χ0n) is 39.9. The number of hydrogen-bond acceptors (Lipinski definition) is 12. The van der Waals surface area contributed by atoms with Crippen molar-refractivity contribution in [1.82, 2.24) is 15.1 Å². The van der Waals surface area contributed by atoms with Gasteiger partial charge in [-0.1, -0.05) is 90.9 Å². The highest BCUT2D eigenvalue weighted by atomic mass is 35.5. The molecule has 3 aliphatic heterocycles. The molecule has 1 aliphatic carbocycles. The molecule has 8 atom stereocenters. The number of epoxide rings is 1. The van der Waals surface area contributed by atoms with Crippen LogP contribution in [-0.4, -0.2) is 135 Å². The van der Waals surface area contributed by atoms with Crippen molar-refractivity contribution in [3.8, 4) is 16.9 Å². The van der Waals surface area contributed by atoms with Gasteiger partial charge in [0.05, 0.1) is 25.3 Å². The van der Waals surface area contributed by atoms with E-state index in [1.54, 1.807) is 52.2 Å². The predicted molar refractivity (Wildman–Crippen MR) is 253 cm³/mol. The zero-order valence-corrected chi connectivity index (χ0v) is 40.7. The summed E-state index contributed by atoms with van der Waals surface area (Å²) in [5.74, 6) is -2.09. The lowest BCUT2D eigenvalue weighted by Crippen LogP contribution is -2.63. The van der Waals surface area contributed by atoms with Crippen LogP contribution < -0.4 is 15.0 Å². The number of halogens is 1. The Morgan fingerprint density at radius 1 is 1.04 bits per heavy atom. The van der Waals surface area contributed by atoms with Crippen LogP contribution in [0.1, 0.15) is 69.6 Å². The fourth-order valence-electron chi connectivity index (χ4n) is 9.45. The molecule has 7 rings (SSSR count). The molecular weight excluding hydrogens is 896 g/mol. The fraction of sp³-hybridized carbons (Fsp3) is 0.471. The van der Waals surface area contributed by atoms with Gasteiger partial charge in [-0.15, -0.1) is 0 Å². The Morgan fingerprint density at radius 3 is 2.35 bits per heavy atom. The summed E-state index contributed by atoms with van der Waals surface area (Å²) < 4.78 is 35.2. The molecule has 4 aliphatic rings. The summed E-state index contributed by atoms with van der Waals surface area (Å²) in [6.45, 7) is 7.03. The van der Waals surface area contributed by atoms with Crippen LogP contribution in [0.15, 0.2) is 84.5 Å². The van der Waals surface area contributed by atoms with Crippen molar-refractivity contribution in [2.24, 2.45) is 5.92 Å². The molecule has 0 unspecified atom stereocenters. The maximum absolute atomic E-state index is 14.4. The summed E-state index contributed by atoms with van der Waals surface area (Å²) in [7, 11) is 7.46. The molecule has 3 aromatic carbocycles. The van der Waals surface area contributed by atoms with Gasteiger partial charge >= 0.3 is 18.2 Å². The third-order valence-corrected chi connectivity index (χ3v) is 14.2. The number of aliphatic hydroxyl groups is 1. The number of likely N-dealkylation sites (N-methyl/N-ethyl adjacent to an activating group) is 1. The molecule has 17 heteroatoms. The van der Waals surface area contributed by atoms with Gasteiger partial charge < -0.3 is 48.2 Å². The van der Waals surface area contributed by atoms with Gasteiger partial charge in [-0.3, -0.25) is 14.9 Å². The number of fused-ring (bicyclic) bond motifs is 8. The minimum Gasteiger partial charge on any atom is -0.495 e. The molecule has 4 amide bonds. The first kappa shape index (κ1) is 50.0. The molecule has 3 aromatic rings. The zero-order chi connectivity index (χ0) is 49.2. The number of esters is 1. The van der Waals surface area contributed by atoms with E-state index in [0.717, 1.165) is 33.4 Å². The monoisotopic (exact) mass is 956 g/mol. The Hall–Kier alpha value is -5.94. The highest BCUT2D eigenvalue weighted by molar-refractivity contribution is 6.35. The van der Waals surface area contributed by atoms with Gasteiger partial charge in [-0.25, -0.2) is 14.4 Å². The maximum Gasteiger partial charge on any atom is 0.409 e. The molecule has 0 saturated carbocycles. The summed E-state index contributed by atoms with van der Waals surface area (Å²) in [5, 5.41) is 14.6. The topological polar surface area (TPSA) is 186 Å². The highest BCUT2D eigenvalue weighted by Gasteiger charge is 2.64. The smallest absolute Gasteiger partial charge is 0.409 e. The third-order valence-electron chi connectivity index (χ3n) is 13.8. The van der Waals surface area contributed by atoms with Gasteiger partial charge in [0.1, 0.15) is 47.3 Å². The van der Waals surface area contributed by atoms with Crippen molar-refractivity contribution in [2.75, 3.05) is 53.4 Å². The van der Waals surface area contributed by atoms with Crippen molar-refractivity contribution in [3.05, 3.63) is 106 Å². The van der Waals surface area contributed by atoms with E-state index in [4.69, 9.17) is 40.0 Å². The van der Waals surface area contributed by atoms with Crippen molar-refractivity contribution in [3.63, 3.8) is 0 Å². The Morgan fingerprint density at radius 2 is 1.71 bits per heavy atom. The first-order valence-corrected chi connectivity index (χ1v) is 23.1. The van der Waals surface area contributed by atoms with Gasteiger partial charge in [0.15, 0.2) is 5.72 Å². The summed E-state index contributed by atoms with van der Waals surface area (Å²) in [4.78, 5) is 72.2. The number of benzene rings is 3. The van der Waals surface area contributed by atoms with Crippen LogP contribution in [0.3, 0.4) is 0 Å². The first-order valence-electron chi connectivity index (χ1n) is 22.7. The summed E-state index contributed by atoms with van der Waals surface area (Å²) in [6, 6.07) is 18.5. The molecule has 0 spiro atoms. The average Bonchev–Trinajstić information content (AvgIpc) is 3.92. The molecule has 0 aromatic heterocycles. The number of methoxy groups -OCH3 is 2. The summed E-state index contributed by atoms with van der Waals surface area (Å²) in [6.07, 6.45) is -0.174. The highest BCUT2D eigenvalue weighted by Crippen LogP contribution is 2.49. The SMILES string of the molecule is COc1cc2cc(c1Cl)N(C)C(=O)C[C@H](OC(=O)[C@H](C)N(C)C(=O)CCN(C)C(=O)OCC1c3ccccc3-c3ccccc31)[C@]1(C)O[C@H]1[C@H](C)[C@@H]1C[C@@](O)(NC(=O)O1)[C@H](OC)/C=C/C=C(\C)C2. The van der Waals surface area contributed by atoms with E-state index >= 15 is 0 Å². The number of anilines is 1. The third kappa shape index (κ3) is 10.2. The van der Waals surface area contributed by atoms with Gasteiger partial charge in [0, 0.05) is 59.5 Å². The predicted octanol–water partition coefficient (Wildman–Crippen LogP) is 6.79. The minimum absolute atomic E-state index is 0.0127. The van der Waals surface area contributed by atoms with Crippen LogP contribution in [0.5, 0.6) is 5.75 Å². The van der Waals surface area contributed by atoms with Crippen molar-refractivity contribution in [2.45, 2.75) is 101 Å². The van der Waals surface area contributed by atoms with Crippen molar-refractivity contribution >= 4 is 47.3 Å². The van der Waals surface area contributed by atoms with Crippen LogP contribution in [0.2, 0.25) is 5.02 Å². The Kier molecular flexibility index (Phi) is 14.9. The number of alkyl carbamates (subject to hydrolysis) is 1. The Balaban J connectivity index is 1.06. The van der Waals surface area contributed by atoms with Crippen molar-refractivity contribution in [1.29, 1.82) is 0 Å². The number of carbonyl (C=O) groups is 5. The van der Waals surface area contributed by atoms with Crippen molar-refractivity contribution < 1.29 is 57.5 Å². The van der Waals surface area contributed by atoms with E-state index < -0.39 is 77.7 Å². The van der Waals surface area contributed by atoms with E-state index in [9.17, 15) is 29.1 Å². The van der Waals surface area contributed by atoms with E-state index in [-0.39, 0.29) is 43.4 Å². The number of ether oxygens (including phenoxy) is 6. The molecule has 2 saturated heterocycles. The standard InChI is InChI=1S/C51H61ClN4O12/c1-29-15-14-20-41(64-9)51(62)27-40(66-48(60)53-51)30(2)46-50(4,68-46)42(26-44(58)56(7)38-24-32(23-29)25-39(63-8)45(38)52)67-47(59)31(3)55(6)43(57)21-22-54(5)49(61)65-28-37-35-18-12-10-16-33(35)34-17-11-13-19-36(34)37/h10-20,24-25,30-31,37,40-42,46,62H,21-23,26-28H2,1-9H3,(H,53,60)/b20-14+,29-15+/t30-,31+,40+,41-,42+,46+,50+,51+/m1/s1. The van der Waals surface area contributed by atoms with E-state index in [1.807, 2.05) is 49.4 Å². The number of nitrogens with zero attached hydrogens (tertiary/aromatic N) is 3. The molecule has 364 valence electrons. The fourth-order valence-corrected chi connectivity index (χ4v) is 9.77. The first-order chi connectivity index (χ1) is 32.3. The van der Waals surface area contributed by atoms with E-state index in [0.29, 0.717) is 17.9 Å². The molecule has 0 radical (unpaired) electrons. The molecule has 4 bridgehead atoms. The van der Waals surface area contributed by atoms with Gasteiger partial charge in [-0.2, -0.15) is 0 Å². The van der Waals surface area contributed by atoms with E-state index in [1.165, 1.54) is 42.9 Å². The summed E-state index contributed by atoms with van der Waals surface area (Å²) in [5.41, 5.74) is 3.27. The maximum atomic E-state index is 14.4. The van der Waals surface area contributed by atoms with Crippen LogP contribution in [0, 0.1) is 5.92 Å². The van der Waals surface area contributed by atoms with Crippen LogP contribution >= 0.6 is 11.6 Å². The largest absolute Gasteiger partial charge is 0.495 e. The van der Waals surface area contributed by atoms with Gasteiger partial charge in [0.2, 0.25) is 11.8 Å². The molecule has 68 heavy (non-hydrogen) atoms. The second-order valence-corrected chi connectivity index (χ2v) is 18.8. The number of nitrogens with one attached hydrogen (secondary N) is 1. The quantitative estimate of drug-likeness (QED) is 0.123. The molecule has 16 nitrogen and oxygen atoms in total.